The van der Waals surface area contributed by atoms with Gasteiger partial charge in [-0.25, -0.2) is 0 Å². The number of carbonyl (C=O) groups is 2. The van der Waals surface area contributed by atoms with Crippen molar-refractivity contribution in [1.29, 1.82) is 0 Å². The Morgan fingerprint density at radius 1 is 1.19 bits per heavy atom. The summed E-state index contributed by atoms with van der Waals surface area (Å²) in [4.78, 5) is 27.0. The van der Waals surface area contributed by atoms with Gasteiger partial charge in [0.25, 0.3) is 5.91 Å². The van der Waals surface area contributed by atoms with Crippen molar-refractivity contribution in [2.24, 2.45) is 0 Å². The third-order valence-corrected chi connectivity index (χ3v) is 5.95. The van der Waals surface area contributed by atoms with E-state index in [9.17, 15) is 9.59 Å². The first-order valence-corrected chi connectivity index (χ1v) is 11.4. The summed E-state index contributed by atoms with van der Waals surface area (Å²) in [6.45, 7) is 10.4. The lowest BCUT2D eigenvalue weighted by molar-refractivity contribution is -0.142. The Labute approximate surface area is 198 Å². The largest absolute Gasteiger partial charge is 0.483 e. The number of likely N-dealkylation sites (N-methyl/N-ethyl adjacent to an activating group) is 1. The highest BCUT2D eigenvalue weighted by Gasteiger charge is 2.27. The summed E-state index contributed by atoms with van der Waals surface area (Å²) in [7, 11) is 0. The van der Waals surface area contributed by atoms with Crippen LogP contribution in [0.1, 0.15) is 45.7 Å². The van der Waals surface area contributed by atoms with E-state index in [4.69, 9.17) is 16.3 Å². The van der Waals surface area contributed by atoms with Crippen LogP contribution < -0.4 is 10.1 Å². The van der Waals surface area contributed by atoms with Gasteiger partial charge in [-0.05, 0) is 64.5 Å². The van der Waals surface area contributed by atoms with Crippen molar-refractivity contribution in [2.45, 2.75) is 52.6 Å². The highest BCUT2D eigenvalue weighted by atomic mass is 79.9. The van der Waals surface area contributed by atoms with E-state index in [1.54, 1.807) is 13.0 Å². The molecule has 0 saturated heterocycles. The maximum Gasteiger partial charge on any atom is 0.261 e. The molecule has 31 heavy (non-hydrogen) atoms. The van der Waals surface area contributed by atoms with E-state index >= 15 is 0 Å². The number of amides is 2. The molecule has 0 aliphatic heterocycles. The van der Waals surface area contributed by atoms with Crippen LogP contribution >= 0.6 is 27.5 Å². The summed E-state index contributed by atoms with van der Waals surface area (Å²) >= 11 is 9.82. The van der Waals surface area contributed by atoms with E-state index < -0.39 is 6.04 Å². The Hall–Kier alpha value is -2.05. The number of halogens is 2. The molecule has 2 aromatic carbocycles. The van der Waals surface area contributed by atoms with Gasteiger partial charge >= 0.3 is 0 Å². The predicted molar refractivity (Wildman–Crippen MR) is 128 cm³/mol. The highest BCUT2D eigenvalue weighted by Crippen LogP contribution is 2.31. The molecule has 0 saturated carbocycles. The summed E-state index contributed by atoms with van der Waals surface area (Å²) in [6.07, 6.45) is 0. The number of hydrogen-bond acceptors (Lipinski definition) is 3. The molecule has 0 aliphatic rings. The van der Waals surface area contributed by atoms with Crippen molar-refractivity contribution in [3.05, 3.63) is 63.1 Å². The zero-order valence-electron chi connectivity index (χ0n) is 18.7. The van der Waals surface area contributed by atoms with E-state index in [-0.39, 0.29) is 30.4 Å². The molecule has 168 valence electrons. The number of benzene rings is 2. The van der Waals surface area contributed by atoms with Gasteiger partial charge in [-0.3, -0.25) is 9.59 Å². The molecule has 0 unspecified atom stereocenters. The van der Waals surface area contributed by atoms with E-state index in [0.717, 1.165) is 15.6 Å². The Morgan fingerprint density at radius 3 is 2.45 bits per heavy atom. The average Bonchev–Trinajstić information content (AvgIpc) is 2.71. The zero-order chi connectivity index (χ0) is 23.2. The van der Waals surface area contributed by atoms with Crippen molar-refractivity contribution < 1.29 is 14.3 Å². The smallest absolute Gasteiger partial charge is 0.261 e. The Morgan fingerprint density at radius 2 is 1.87 bits per heavy atom. The normalized spacial score (nSPS) is 12.2. The second-order valence-electron chi connectivity index (χ2n) is 8.37. The van der Waals surface area contributed by atoms with Gasteiger partial charge < -0.3 is 15.0 Å². The number of nitrogens with zero attached hydrogens (tertiary/aromatic N) is 1. The van der Waals surface area contributed by atoms with E-state index in [1.165, 1.54) is 4.90 Å². The van der Waals surface area contributed by atoms with Gasteiger partial charge in [0.15, 0.2) is 6.61 Å². The predicted octanol–water partition coefficient (Wildman–Crippen LogP) is 5.33. The monoisotopic (exact) mass is 508 g/mol. The first kappa shape index (κ1) is 25.2. The van der Waals surface area contributed by atoms with Crippen LogP contribution in [0.5, 0.6) is 5.75 Å². The fraction of sp³-hybridized carbons (Fsp3) is 0.417. The fourth-order valence-electron chi connectivity index (χ4n) is 3.02. The van der Waals surface area contributed by atoms with Crippen LogP contribution in [-0.2, 0) is 21.5 Å². The quantitative estimate of drug-likeness (QED) is 0.523. The summed E-state index contributed by atoms with van der Waals surface area (Å²) in [5.74, 6) is 0.0498. The summed E-state index contributed by atoms with van der Waals surface area (Å²) < 4.78 is 6.58. The van der Waals surface area contributed by atoms with Gasteiger partial charge in [-0.15, -0.1) is 0 Å². The number of ether oxygens (including phenoxy) is 1. The van der Waals surface area contributed by atoms with Crippen molar-refractivity contribution >= 4 is 39.3 Å². The van der Waals surface area contributed by atoms with Gasteiger partial charge in [0, 0.05) is 18.1 Å². The standard InChI is InChI=1S/C24H30BrClN2O3/c1-6-27-23(30)16(2)28(14-17-9-7-8-10-20(17)26)22(29)15-31-21-12-11-18(13-19(21)25)24(3,4)5/h7-13,16H,6,14-15H2,1-5H3,(H,27,30)/t16-/m0/s1. The molecular weight excluding hydrogens is 480 g/mol. The number of hydrogen-bond donors (Lipinski definition) is 1. The number of nitrogens with one attached hydrogen (secondary N) is 1. The van der Waals surface area contributed by atoms with Crippen LogP contribution in [0.15, 0.2) is 46.9 Å². The van der Waals surface area contributed by atoms with Crippen LogP contribution in [0.2, 0.25) is 5.02 Å². The Bertz CT molecular complexity index is 927. The van der Waals surface area contributed by atoms with Crippen LogP contribution in [-0.4, -0.2) is 35.9 Å². The van der Waals surface area contributed by atoms with Gasteiger partial charge in [0.05, 0.1) is 4.47 Å². The van der Waals surface area contributed by atoms with E-state index in [1.807, 2.05) is 43.3 Å². The molecule has 1 atom stereocenters. The van der Waals surface area contributed by atoms with Crippen LogP contribution in [0.3, 0.4) is 0 Å². The molecule has 2 amide bonds. The van der Waals surface area contributed by atoms with Crippen molar-refractivity contribution in [3.8, 4) is 5.75 Å². The minimum atomic E-state index is -0.668. The van der Waals surface area contributed by atoms with Gasteiger partial charge in [0.2, 0.25) is 5.91 Å². The molecule has 0 fully saturated rings. The molecule has 0 heterocycles. The average molecular weight is 510 g/mol. The minimum Gasteiger partial charge on any atom is -0.483 e. The van der Waals surface area contributed by atoms with E-state index in [0.29, 0.717) is 17.3 Å². The molecule has 0 aliphatic carbocycles. The third kappa shape index (κ3) is 6.97. The molecule has 5 nitrogen and oxygen atoms in total. The summed E-state index contributed by atoms with van der Waals surface area (Å²) in [5.41, 5.74) is 1.93. The van der Waals surface area contributed by atoms with Crippen molar-refractivity contribution in [1.82, 2.24) is 10.2 Å². The molecule has 0 radical (unpaired) electrons. The molecule has 1 N–H and O–H groups in total. The van der Waals surface area contributed by atoms with E-state index in [2.05, 4.69) is 42.0 Å². The molecule has 0 spiro atoms. The van der Waals surface area contributed by atoms with Gasteiger partial charge in [-0.1, -0.05) is 56.6 Å². The molecule has 7 heteroatoms. The van der Waals surface area contributed by atoms with Crippen LogP contribution in [0.25, 0.3) is 0 Å². The van der Waals surface area contributed by atoms with Gasteiger partial charge in [-0.2, -0.15) is 0 Å². The van der Waals surface area contributed by atoms with Crippen LogP contribution in [0.4, 0.5) is 0 Å². The third-order valence-electron chi connectivity index (χ3n) is 4.97. The topological polar surface area (TPSA) is 58.6 Å². The lowest BCUT2D eigenvalue weighted by atomic mass is 9.87. The first-order valence-electron chi connectivity index (χ1n) is 10.3. The maximum absolute atomic E-state index is 13.1. The summed E-state index contributed by atoms with van der Waals surface area (Å²) in [5, 5.41) is 3.32. The number of carbonyl (C=O) groups excluding carboxylic acids is 2. The molecule has 0 aromatic heterocycles. The Balaban J connectivity index is 2.19. The van der Waals surface area contributed by atoms with Crippen molar-refractivity contribution in [2.75, 3.05) is 13.2 Å². The SMILES string of the molecule is CCNC(=O)[C@H](C)N(Cc1ccccc1Cl)C(=O)COc1ccc(C(C)(C)C)cc1Br. The van der Waals surface area contributed by atoms with Crippen LogP contribution in [0, 0.1) is 0 Å². The van der Waals surface area contributed by atoms with Gasteiger partial charge in [0.1, 0.15) is 11.8 Å². The number of rotatable bonds is 8. The lowest BCUT2D eigenvalue weighted by Gasteiger charge is -2.29. The lowest BCUT2D eigenvalue weighted by Crippen LogP contribution is -2.49. The highest BCUT2D eigenvalue weighted by molar-refractivity contribution is 9.10. The minimum absolute atomic E-state index is 0.00465. The zero-order valence-corrected chi connectivity index (χ0v) is 21.0. The molecular formula is C24H30BrClN2O3. The summed E-state index contributed by atoms with van der Waals surface area (Å²) in [6, 6.07) is 12.5. The Kier molecular flexibility index (Phi) is 8.95. The van der Waals surface area contributed by atoms with Crippen molar-refractivity contribution in [3.63, 3.8) is 0 Å². The fourth-order valence-corrected chi connectivity index (χ4v) is 3.71. The molecule has 0 bridgehead atoms. The first-order chi connectivity index (χ1) is 14.5. The maximum atomic E-state index is 13.1. The second kappa shape index (κ2) is 11.0. The second-order valence-corrected chi connectivity index (χ2v) is 9.63. The molecule has 2 rings (SSSR count). The molecule has 2 aromatic rings.